The summed E-state index contributed by atoms with van der Waals surface area (Å²) in [4.78, 5) is 13.7. The molecule has 0 aliphatic heterocycles. The molecule has 94 valence electrons. The Morgan fingerprint density at radius 3 is 2.72 bits per heavy atom. The summed E-state index contributed by atoms with van der Waals surface area (Å²) < 4.78 is 0. The first-order chi connectivity index (χ1) is 8.83. The van der Waals surface area contributed by atoms with Crippen molar-refractivity contribution in [1.82, 2.24) is 20.3 Å². The lowest BCUT2D eigenvalue weighted by molar-refractivity contribution is 0.561. The van der Waals surface area contributed by atoms with Crippen LogP contribution in [0.25, 0.3) is 0 Å². The maximum absolute atomic E-state index is 4.49. The zero-order valence-electron chi connectivity index (χ0n) is 10.5. The van der Waals surface area contributed by atoms with Crippen molar-refractivity contribution in [3.63, 3.8) is 0 Å². The van der Waals surface area contributed by atoms with Crippen LogP contribution in [-0.2, 0) is 0 Å². The summed E-state index contributed by atoms with van der Waals surface area (Å²) in [5.74, 6) is 0. The molecule has 2 rings (SSSR count). The van der Waals surface area contributed by atoms with Crippen LogP contribution in [-0.4, -0.2) is 22.0 Å². The Hall–Kier alpha value is -1.46. The normalized spacial score (nSPS) is 12.3. The molecular weight excluding hydrogens is 244 g/mol. The van der Waals surface area contributed by atoms with E-state index in [9.17, 15) is 0 Å². The molecule has 1 atom stereocenters. The third-order valence-corrected chi connectivity index (χ3v) is 3.58. The second kappa shape index (κ2) is 6.47. The molecule has 0 amide bonds. The van der Waals surface area contributed by atoms with Crippen molar-refractivity contribution in [2.75, 3.05) is 7.05 Å². The van der Waals surface area contributed by atoms with Crippen LogP contribution in [0.4, 0.5) is 0 Å². The molecular formula is C13H16N4S. The van der Waals surface area contributed by atoms with Gasteiger partial charge in [0.15, 0.2) is 0 Å². The standard InChI is InChI=1S/C13H16N4S/c1-3-11(14-2)12-5-4-10(8-16-12)18-13-6-7-15-9-17-13/h4-9,11,14H,3H2,1-2H3. The largest absolute Gasteiger partial charge is 0.312 e. The molecule has 1 unspecified atom stereocenters. The summed E-state index contributed by atoms with van der Waals surface area (Å²) in [6.45, 7) is 2.15. The van der Waals surface area contributed by atoms with Gasteiger partial charge in [-0.15, -0.1) is 0 Å². The van der Waals surface area contributed by atoms with Crippen LogP contribution in [0.2, 0.25) is 0 Å². The van der Waals surface area contributed by atoms with Crippen LogP contribution in [0.3, 0.4) is 0 Å². The quantitative estimate of drug-likeness (QED) is 0.838. The number of nitrogens with one attached hydrogen (secondary N) is 1. The van der Waals surface area contributed by atoms with Crippen LogP contribution in [0.1, 0.15) is 25.1 Å². The Bertz CT molecular complexity index is 468. The van der Waals surface area contributed by atoms with Crippen LogP contribution >= 0.6 is 11.8 Å². The van der Waals surface area contributed by atoms with E-state index >= 15 is 0 Å². The fourth-order valence-electron chi connectivity index (χ4n) is 1.68. The molecule has 0 aliphatic rings. The van der Waals surface area contributed by atoms with Gasteiger partial charge in [-0.25, -0.2) is 9.97 Å². The zero-order chi connectivity index (χ0) is 12.8. The fraction of sp³-hybridized carbons (Fsp3) is 0.308. The summed E-state index contributed by atoms with van der Waals surface area (Å²) in [7, 11) is 1.96. The van der Waals surface area contributed by atoms with Gasteiger partial charge >= 0.3 is 0 Å². The van der Waals surface area contributed by atoms with Crippen molar-refractivity contribution in [1.29, 1.82) is 0 Å². The van der Waals surface area contributed by atoms with Gasteiger partial charge in [-0.1, -0.05) is 18.7 Å². The third-order valence-electron chi connectivity index (χ3n) is 2.65. The molecule has 5 heteroatoms. The molecule has 0 aromatic carbocycles. The summed E-state index contributed by atoms with van der Waals surface area (Å²) >= 11 is 1.59. The van der Waals surface area contributed by atoms with Gasteiger partial charge in [-0.2, -0.15) is 0 Å². The zero-order valence-corrected chi connectivity index (χ0v) is 11.3. The number of nitrogens with zero attached hydrogens (tertiary/aromatic N) is 3. The molecule has 0 aliphatic carbocycles. The molecule has 0 bridgehead atoms. The Morgan fingerprint density at radius 1 is 1.28 bits per heavy atom. The molecule has 18 heavy (non-hydrogen) atoms. The molecule has 0 spiro atoms. The van der Waals surface area contributed by atoms with Gasteiger partial charge < -0.3 is 5.32 Å². The van der Waals surface area contributed by atoms with E-state index in [1.807, 2.05) is 19.3 Å². The minimum atomic E-state index is 0.322. The fourth-order valence-corrected chi connectivity index (χ4v) is 2.39. The van der Waals surface area contributed by atoms with Gasteiger partial charge in [0, 0.05) is 23.3 Å². The minimum Gasteiger partial charge on any atom is -0.312 e. The summed E-state index contributed by atoms with van der Waals surface area (Å²) in [5.41, 5.74) is 1.08. The van der Waals surface area contributed by atoms with Gasteiger partial charge in [-0.05, 0) is 31.7 Å². The number of rotatable bonds is 5. The number of hydrogen-bond donors (Lipinski definition) is 1. The Balaban J connectivity index is 2.08. The van der Waals surface area contributed by atoms with Gasteiger partial charge in [0.2, 0.25) is 0 Å². The smallest absolute Gasteiger partial charge is 0.116 e. The third kappa shape index (κ3) is 3.27. The lowest BCUT2D eigenvalue weighted by Crippen LogP contribution is -2.16. The van der Waals surface area contributed by atoms with Gasteiger partial charge in [0.1, 0.15) is 11.4 Å². The van der Waals surface area contributed by atoms with Crippen LogP contribution in [0.15, 0.2) is 46.8 Å². The highest BCUT2D eigenvalue weighted by Crippen LogP contribution is 2.25. The van der Waals surface area contributed by atoms with E-state index in [4.69, 9.17) is 0 Å². The Morgan fingerprint density at radius 2 is 2.17 bits per heavy atom. The van der Waals surface area contributed by atoms with E-state index in [0.717, 1.165) is 22.0 Å². The lowest BCUT2D eigenvalue weighted by Gasteiger charge is -2.13. The average Bonchev–Trinajstić information content (AvgIpc) is 2.43. The Labute approximate surface area is 111 Å². The predicted octanol–water partition coefficient (Wildman–Crippen LogP) is 2.69. The van der Waals surface area contributed by atoms with Gasteiger partial charge in [-0.3, -0.25) is 4.98 Å². The lowest BCUT2D eigenvalue weighted by atomic mass is 10.1. The van der Waals surface area contributed by atoms with E-state index < -0.39 is 0 Å². The highest BCUT2D eigenvalue weighted by Gasteiger charge is 2.07. The molecule has 1 N–H and O–H groups in total. The number of aromatic nitrogens is 3. The van der Waals surface area contributed by atoms with Crippen molar-refractivity contribution in [2.45, 2.75) is 29.3 Å². The summed E-state index contributed by atoms with van der Waals surface area (Å²) in [6.07, 6.45) is 6.22. The SMILES string of the molecule is CCC(NC)c1ccc(Sc2ccncn2)cn1. The van der Waals surface area contributed by atoms with Crippen LogP contribution < -0.4 is 5.32 Å². The van der Waals surface area contributed by atoms with Gasteiger partial charge in [0.05, 0.1) is 5.69 Å². The highest BCUT2D eigenvalue weighted by atomic mass is 32.2. The molecule has 0 saturated carbocycles. The monoisotopic (exact) mass is 260 g/mol. The van der Waals surface area contributed by atoms with Crippen LogP contribution in [0.5, 0.6) is 0 Å². The second-order valence-corrected chi connectivity index (χ2v) is 4.91. The molecule has 2 aromatic rings. The van der Waals surface area contributed by atoms with Crippen molar-refractivity contribution >= 4 is 11.8 Å². The second-order valence-electron chi connectivity index (χ2n) is 3.82. The first kappa shape index (κ1) is 13.0. The maximum Gasteiger partial charge on any atom is 0.116 e. The van der Waals surface area contributed by atoms with E-state index in [1.165, 1.54) is 0 Å². The highest BCUT2D eigenvalue weighted by molar-refractivity contribution is 7.99. The van der Waals surface area contributed by atoms with E-state index in [1.54, 1.807) is 24.3 Å². The van der Waals surface area contributed by atoms with Crippen molar-refractivity contribution in [3.8, 4) is 0 Å². The molecule has 2 aromatic heterocycles. The topological polar surface area (TPSA) is 50.7 Å². The summed E-state index contributed by atoms with van der Waals surface area (Å²) in [6, 6.07) is 6.35. The molecule has 2 heterocycles. The minimum absolute atomic E-state index is 0.322. The maximum atomic E-state index is 4.49. The molecule has 0 fully saturated rings. The van der Waals surface area contributed by atoms with Gasteiger partial charge in [0.25, 0.3) is 0 Å². The van der Waals surface area contributed by atoms with Crippen molar-refractivity contribution in [3.05, 3.63) is 42.6 Å². The summed E-state index contributed by atoms with van der Waals surface area (Å²) in [5, 5.41) is 4.18. The van der Waals surface area contributed by atoms with E-state index in [-0.39, 0.29) is 0 Å². The molecule has 4 nitrogen and oxygen atoms in total. The van der Waals surface area contributed by atoms with E-state index in [2.05, 4.69) is 39.3 Å². The van der Waals surface area contributed by atoms with Crippen molar-refractivity contribution in [2.24, 2.45) is 0 Å². The first-order valence-electron chi connectivity index (χ1n) is 5.90. The number of hydrogen-bond acceptors (Lipinski definition) is 5. The van der Waals surface area contributed by atoms with E-state index in [0.29, 0.717) is 6.04 Å². The van der Waals surface area contributed by atoms with Crippen molar-refractivity contribution < 1.29 is 0 Å². The first-order valence-corrected chi connectivity index (χ1v) is 6.72. The molecule has 0 radical (unpaired) electrons. The van der Waals surface area contributed by atoms with Crippen LogP contribution in [0, 0.1) is 0 Å². The predicted molar refractivity (Wildman–Crippen MR) is 72.5 cm³/mol. The molecule has 0 saturated heterocycles. The number of pyridine rings is 1. The Kier molecular flexibility index (Phi) is 4.66. The average molecular weight is 260 g/mol.